The van der Waals surface area contributed by atoms with Crippen molar-refractivity contribution in [1.29, 1.82) is 0 Å². The summed E-state index contributed by atoms with van der Waals surface area (Å²) in [5.74, 6) is 0.973. The topological polar surface area (TPSA) is 21.3 Å². The molecule has 13 heavy (non-hydrogen) atoms. The summed E-state index contributed by atoms with van der Waals surface area (Å²) < 4.78 is 7.91. The van der Waals surface area contributed by atoms with E-state index in [1.54, 1.807) is 0 Å². The molecule has 0 heterocycles. The third-order valence-electron chi connectivity index (χ3n) is 1.66. The van der Waals surface area contributed by atoms with Gasteiger partial charge in [-0.3, -0.25) is 0 Å². The van der Waals surface area contributed by atoms with Crippen LogP contribution in [-0.4, -0.2) is 41.0 Å². The van der Waals surface area contributed by atoms with Crippen molar-refractivity contribution in [3.63, 3.8) is 0 Å². The zero-order chi connectivity index (χ0) is 10.2. The van der Waals surface area contributed by atoms with Gasteiger partial charge in [0.05, 0.1) is 0 Å². The molecule has 0 aromatic rings. The van der Waals surface area contributed by atoms with E-state index in [1.807, 2.05) is 18.8 Å². The Morgan fingerprint density at radius 3 is 2.62 bits per heavy atom. The van der Waals surface area contributed by atoms with Gasteiger partial charge in [0, 0.05) is 0 Å². The van der Waals surface area contributed by atoms with Gasteiger partial charge < -0.3 is 0 Å². The molecule has 80 valence electrons. The summed E-state index contributed by atoms with van der Waals surface area (Å²) in [5, 5.41) is 3.10. The molecule has 0 spiro atoms. The molecule has 0 aromatic carbocycles. The van der Waals surface area contributed by atoms with E-state index in [2.05, 4.69) is 19.2 Å². The molecule has 1 unspecified atom stereocenters. The van der Waals surface area contributed by atoms with Crippen LogP contribution in [0.4, 0.5) is 0 Å². The number of thioether (sulfide) groups is 1. The Labute approximate surface area is 94.3 Å². The molecule has 0 radical (unpaired) electrons. The van der Waals surface area contributed by atoms with Crippen LogP contribution < -0.4 is 5.32 Å². The zero-order valence-electron chi connectivity index (χ0n) is 8.73. The Morgan fingerprint density at radius 2 is 2.15 bits per heavy atom. The van der Waals surface area contributed by atoms with Crippen LogP contribution in [0, 0.1) is 0 Å². The third kappa shape index (κ3) is 7.31. The average molecular weight is 332 g/mol. The summed E-state index contributed by atoms with van der Waals surface area (Å²) in [4.78, 5) is 0. The number of hydrogen-bond donors (Lipinski definition) is 1. The van der Waals surface area contributed by atoms with Gasteiger partial charge in [0.25, 0.3) is 0 Å². The molecular weight excluding hydrogens is 312 g/mol. The molecule has 1 atom stereocenters. The minimum atomic E-state index is -2.62. The van der Waals surface area contributed by atoms with Crippen molar-refractivity contribution in [2.24, 2.45) is 0 Å². The van der Waals surface area contributed by atoms with Crippen LogP contribution in [0.2, 0.25) is 4.44 Å². The van der Waals surface area contributed by atoms with Crippen LogP contribution in [0.1, 0.15) is 20.3 Å². The van der Waals surface area contributed by atoms with Gasteiger partial charge in [0.2, 0.25) is 0 Å². The summed E-state index contributed by atoms with van der Waals surface area (Å²) in [6, 6.07) is 0. The van der Waals surface area contributed by atoms with Gasteiger partial charge >= 0.3 is 94.7 Å². The molecule has 0 aliphatic heterocycles. The van der Waals surface area contributed by atoms with Gasteiger partial charge in [-0.25, -0.2) is 0 Å². The van der Waals surface area contributed by atoms with Crippen molar-refractivity contribution in [3.05, 3.63) is 0 Å². The summed E-state index contributed by atoms with van der Waals surface area (Å²) in [6.07, 6.45) is 1.07. The second kappa shape index (κ2) is 8.65. The molecule has 0 fully saturated rings. The first-order chi connectivity index (χ1) is 6.18. The summed E-state index contributed by atoms with van der Waals surface area (Å²) in [5.41, 5.74) is 0. The van der Waals surface area contributed by atoms with E-state index < -0.39 is 17.7 Å². The van der Waals surface area contributed by atoms with Gasteiger partial charge in [-0.15, -0.1) is 0 Å². The fourth-order valence-corrected chi connectivity index (χ4v) is 12.0. The van der Waals surface area contributed by atoms with Crippen molar-refractivity contribution in [2.75, 3.05) is 23.3 Å². The molecule has 1 N–H and O–H groups in total. The van der Waals surface area contributed by atoms with Crippen LogP contribution in [0.3, 0.4) is 0 Å². The summed E-state index contributed by atoms with van der Waals surface area (Å²) >= 11 is -0.756. The predicted molar refractivity (Wildman–Crippen MR) is 64.7 cm³/mol. The summed E-state index contributed by atoms with van der Waals surface area (Å²) in [7, 11) is 8.43. The third-order valence-corrected chi connectivity index (χ3v) is 18.0. The van der Waals surface area contributed by atoms with Crippen LogP contribution in [0.15, 0.2) is 0 Å². The molecule has 0 bridgehead atoms. The Kier molecular flexibility index (Phi) is 9.55. The molecule has 0 aromatic heterocycles. The number of nitrogens with one attached hydrogen (secondary N) is 1. The predicted octanol–water partition coefficient (Wildman–Crippen LogP) is 2.56. The maximum absolute atomic E-state index is 6.48. The molecule has 5 heteroatoms. The standard InChI is InChI=1S/C3H8NS.C3H7O.C2H5.ClH.Sn/c1-4-3-5-2;1-2-3-4;1-2;;/h4H,2-3H2,1H3;2-3H2,1H3;1H2,2H3;1H;/q;-1;;;+2/p-1. The second-order valence-corrected chi connectivity index (χ2v) is 18.9. The van der Waals surface area contributed by atoms with Crippen molar-refractivity contribution in [3.8, 4) is 0 Å². The van der Waals surface area contributed by atoms with Gasteiger partial charge in [0.1, 0.15) is 0 Å². The molecular formula is C8H20ClNOSSn. The van der Waals surface area contributed by atoms with Gasteiger partial charge in [0.15, 0.2) is 0 Å². The first-order valence-electron chi connectivity index (χ1n) is 4.73. The van der Waals surface area contributed by atoms with Crippen LogP contribution in [-0.2, 0) is 3.07 Å². The van der Waals surface area contributed by atoms with Crippen LogP contribution in [0.5, 0.6) is 0 Å². The van der Waals surface area contributed by atoms with Crippen LogP contribution >= 0.6 is 20.7 Å². The van der Waals surface area contributed by atoms with Crippen molar-refractivity contribution < 1.29 is 3.07 Å². The molecule has 0 aliphatic carbocycles. The molecule has 0 saturated heterocycles. The number of hydrogen-bond acceptors (Lipinski definition) is 3. The van der Waals surface area contributed by atoms with E-state index in [1.165, 1.54) is 0 Å². The van der Waals surface area contributed by atoms with Crippen molar-refractivity contribution in [2.45, 2.75) is 24.7 Å². The molecule has 2 nitrogen and oxygen atoms in total. The van der Waals surface area contributed by atoms with E-state index in [-0.39, 0.29) is 0 Å². The molecule has 0 rings (SSSR count). The molecule has 0 aliphatic rings. The fraction of sp³-hybridized carbons (Fsp3) is 1.00. The number of rotatable bonds is 8. The van der Waals surface area contributed by atoms with E-state index >= 15 is 0 Å². The Balaban J connectivity index is 3.67. The maximum atomic E-state index is 6.48. The fourth-order valence-electron chi connectivity index (χ4n) is 0.836. The minimum absolute atomic E-state index is 0.841. The second-order valence-electron chi connectivity index (χ2n) is 2.93. The SMILES string of the molecule is CCC[O][Sn]([Cl])([CH2]C)[CH2]SCNC. The molecule has 0 saturated carbocycles. The van der Waals surface area contributed by atoms with E-state index in [9.17, 15) is 0 Å². The van der Waals surface area contributed by atoms with Crippen molar-refractivity contribution in [1.82, 2.24) is 5.32 Å². The monoisotopic (exact) mass is 333 g/mol. The van der Waals surface area contributed by atoms with E-state index in [0.717, 1.165) is 27.1 Å². The Morgan fingerprint density at radius 1 is 1.46 bits per heavy atom. The van der Waals surface area contributed by atoms with Gasteiger partial charge in [-0.05, 0) is 0 Å². The quantitative estimate of drug-likeness (QED) is 0.419. The Hall–Kier alpha value is 1.36. The van der Waals surface area contributed by atoms with Gasteiger partial charge in [-0.1, -0.05) is 0 Å². The first kappa shape index (κ1) is 14.4. The molecule has 0 amide bonds. The van der Waals surface area contributed by atoms with E-state index in [4.69, 9.17) is 12.0 Å². The zero-order valence-corrected chi connectivity index (χ0v) is 13.2. The average Bonchev–Trinajstić information content (AvgIpc) is 2.15. The number of halogens is 1. The van der Waals surface area contributed by atoms with Crippen LogP contribution in [0.25, 0.3) is 0 Å². The first-order valence-corrected chi connectivity index (χ1v) is 14.7. The summed E-state index contributed by atoms with van der Waals surface area (Å²) in [6.45, 7) is 5.12. The van der Waals surface area contributed by atoms with E-state index in [0.29, 0.717) is 0 Å². The Bertz CT molecular complexity index is 131. The van der Waals surface area contributed by atoms with Gasteiger partial charge in [-0.2, -0.15) is 0 Å². The van der Waals surface area contributed by atoms with Crippen molar-refractivity contribution >= 4 is 38.3 Å². The normalized spacial score (nSPS) is 15.7.